The molecule has 1 heterocycles. The van der Waals surface area contributed by atoms with Crippen molar-refractivity contribution in [3.63, 3.8) is 0 Å². The molecule has 3 nitrogen and oxygen atoms in total. The van der Waals surface area contributed by atoms with Crippen LogP contribution < -0.4 is 10.6 Å². The Morgan fingerprint density at radius 2 is 1.73 bits per heavy atom. The van der Waals surface area contributed by atoms with Crippen molar-refractivity contribution >= 4 is 5.91 Å². The van der Waals surface area contributed by atoms with Gasteiger partial charge in [0.1, 0.15) is 0 Å². The Kier molecular flexibility index (Phi) is 4.01. The molecule has 2 N–H and O–H groups in total. The van der Waals surface area contributed by atoms with Crippen molar-refractivity contribution in [3.8, 4) is 0 Å². The molecule has 2 atom stereocenters. The summed E-state index contributed by atoms with van der Waals surface area (Å²) in [6.45, 7) is 1.97. The van der Waals surface area contributed by atoms with E-state index in [-0.39, 0.29) is 11.8 Å². The Morgan fingerprint density at radius 3 is 2.67 bits per heavy atom. The summed E-state index contributed by atoms with van der Waals surface area (Å²) in [5.41, 5.74) is 0. The highest BCUT2D eigenvalue weighted by Gasteiger charge is 2.30. The SMILES string of the molecule is O=C1NCCCCCNC2CCCCC12. The molecular weight excluding hydrogens is 188 g/mol. The molecule has 3 heteroatoms. The highest BCUT2D eigenvalue weighted by atomic mass is 16.1. The van der Waals surface area contributed by atoms with Crippen molar-refractivity contribution in [2.75, 3.05) is 13.1 Å². The lowest BCUT2D eigenvalue weighted by molar-refractivity contribution is -0.126. The van der Waals surface area contributed by atoms with Gasteiger partial charge in [-0.05, 0) is 32.2 Å². The molecule has 0 spiro atoms. The van der Waals surface area contributed by atoms with Crippen LogP contribution in [-0.2, 0) is 4.79 Å². The predicted molar refractivity (Wildman–Crippen MR) is 60.6 cm³/mol. The van der Waals surface area contributed by atoms with Crippen molar-refractivity contribution in [2.45, 2.75) is 51.0 Å². The number of fused-ring (bicyclic) bond motifs is 1. The Morgan fingerprint density at radius 1 is 0.933 bits per heavy atom. The number of rotatable bonds is 0. The number of nitrogens with one attached hydrogen (secondary N) is 2. The van der Waals surface area contributed by atoms with Crippen LogP contribution in [0.25, 0.3) is 0 Å². The monoisotopic (exact) mass is 210 g/mol. The lowest BCUT2D eigenvalue weighted by atomic mass is 9.83. The van der Waals surface area contributed by atoms with Crippen molar-refractivity contribution in [3.05, 3.63) is 0 Å². The van der Waals surface area contributed by atoms with Gasteiger partial charge in [-0.15, -0.1) is 0 Å². The number of amides is 1. The molecular formula is C12H22N2O. The van der Waals surface area contributed by atoms with E-state index in [0.29, 0.717) is 6.04 Å². The summed E-state index contributed by atoms with van der Waals surface area (Å²) in [5.74, 6) is 0.519. The smallest absolute Gasteiger partial charge is 0.224 e. The average Bonchev–Trinajstić information content (AvgIpc) is 2.28. The third-order valence-electron chi connectivity index (χ3n) is 3.66. The molecule has 0 bridgehead atoms. The molecule has 1 aliphatic heterocycles. The van der Waals surface area contributed by atoms with Crippen molar-refractivity contribution in [2.24, 2.45) is 5.92 Å². The van der Waals surface area contributed by atoms with E-state index in [1.807, 2.05) is 0 Å². The molecule has 0 aromatic heterocycles. The van der Waals surface area contributed by atoms with Crippen molar-refractivity contribution < 1.29 is 4.79 Å². The van der Waals surface area contributed by atoms with E-state index < -0.39 is 0 Å². The Balaban J connectivity index is 1.96. The molecule has 1 aliphatic carbocycles. The van der Waals surface area contributed by atoms with E-state index in [0.717, 1.165) is 25.9 Å². The summed E-state index contributed by atoms with van der Waals surface area (Å²) in [7, 11) is 0. The molecule has 0 aromatic rings. The summed E-state index contributed by atoms with van der Waals surface area (Å²) in [4.78, 5) is 11.9. The van der Waals surface area contributed by atoms with Gasteiger partial charge in [0.25, 0.3) is 0 Å². The maximum Gasteiger partial charge on any atom is 0.224 e. The zero-order valence-electron chi connectivity index (χ0n) is 9.43. The van der Waals surface area contributed by atoms with E-state index in [2.05, 4.69) is 10.6 Å². The second-order valence-electron chi connectivity index (χ2n) is 4.80. The first-order valence-corrected chi connectivity index (χ1v) is 6.39. The van der Waals surface area contributed by atoms with Crippen LogP contribution in [0.3, 0.4) is 0 Å². The van der Waals surface area contributed by atoms with Crippen LogP contribution in [0.1, 0.15) is 44.9 Å². The number of carbonyl (C=O) groups excluding carboxylic acids is 1. The van der Waals surface area contributed by atoms with Gasteiger partial charge in [-0.2, -0.15) is 0 Å². The van der Waals surface area contributed by atoms with Crippen LogP contribution in [-0.4, -0.2) is 25.0 Å². The highest BCUT2D eigenvalue weighted by molar-refractivity contribution is 5.79. The van der Waals surface area contributed by atoms with Crippen LogP contribution in [0.5, 0.6) is 0 Å². The van der Waals surface area contributed by atoms with Gasteiger partial charge in [-0.1, -0.05) is 19.3 Å². The molecule has 2 fully saturated rings. The molecule has 1 saturated carbocycles. The first-order valence-electron chi connectivity index (χ1n) is 6.39. The molecule has 86 valence electrons. The van der Waals surface area contributed by atoms with Gasteiger partial charge in [0.2, 0.25) is 5.91 Å². The molecule has 0 radical (unpaired) electrons. The van der Waals surface area contributed by atoms with E-state index in [1.165, 1.54) is 32.1 Å². The number of carbonyl (C=O) groups is 1. The van der Waals surface area contributed by atoms with E-state index in [9.17, 15) is 4.79 Å². The molecule has 1 amide bonds. The molecule has 2 rings (SSSR count). The third kappa shape index (κ3) is 2.94. The fraction of sp³-hybridized carbons (Fsp3) is 0.917. The quantitative estimate of drug-likeness (QED) is 0.635. The Labute approximate surface area is 92.0 Å². The third-order valence-corrected chi connectivity index (χ3v) is 3.66. The van der Waals surface area contributed by atoms with Crippen LogP contribution >= 0.6 is 0 Å². The Hall–Kier alpha value is -0.570. The van der Waals surface area contributed by atoms with Crippen LogP contribution in [0.4, 0.5) is 0 Å². The Bertz CT molecular complexity index is 218. The molecule has 15 heavy (non-hydrogen) atoms. The summed E-state index contributed by atoms with van der Waals surface area (Å²) < 4.78 is 0. The highest BCUT2D eigenvalue weighted by Crippen LogP contribution is 2.25. The standard InChI is InChI=1S/C12H22N2O/c15-12-10-6-2-3-7-11(10)13-8-4-1-5-9-14-12/h10-11,13H,1-9H2,(H,14,15). The lowest BCUT2D eigenvalue weighted by Gasteiger charge is -2.32. The maximum atomic E-state index is 11.9. The zero-order valence-corrected chi connectivity index (χ0v) is 9.43. The van der Waals surface area contributed by atoms with Gasteiger partial charge in [0.15, 0.2) is 0 Å². The summed E-state index contributed by atoms with van der Waals surface area (Å²) in [6.07, 6.45) is 8.36. The molecule has 0 aromatic carbocycles. The predicted octanol–water partition coefficient (Wildman–Crippen LogP) is 1.43. The molecule has 1 saturated heterocycles. The minimum absolute atomic E-state index is 0.233. The summed E-state index contributed by atoms with van der Waals surface area (Å²) in [6, 6.07) is 0.442. The second kappa shape index (κ2) is 5.50. The molecule has 2 aliphatic rings. The van der Waals surface area contributed by atoms with Gasteiger partial charge >= 0.3 is 0 Å². The first kappa shape index (κ1) is 10.9. The molecule has 2 unspecified atom stereocenters. The zero-order chi connectivity index (χ0) is 10.5. The van der Waals surface area contributed by atoms with Gasteiger partial charge in [-0.3, -0.25) is 4.79 Å². The van der Waals surface area contributed by atoms with Crippen molar-refractivity contribution in [1.29, 1.82) is 0 Å². The van der Waals surface area contributed by atoms with Crippen LogP contribution in [0.15, 0.2) is 0 Å². The summed E-state index contributed by atoms with van der Waals surface area (Å²) in [5, 5.41) is 6.63. The number of hydrogen-bond acceptors (Lipinski definition) is 2. The van der Waals surface area contributed by atoms with Crippen molar-refractivity contribution in [1.82, 2.24) is 10.6 Å². The normalized spacial score (nSPS) is 34.0. The van der Waals surface area contributed by atoms with E-state index in [1.54, 1.807) is 0 Å². The fourth-order valence-corrected chi connectivity index (χ4v) is 2.75. The second-order valence-corrected chi connectivity index (χ2v) is 4.80. The van der Waals surface area contributed by atoms with Gasteiger partial charge < -0.3 is 10.6 Å². The largest absolute Gasteiger partial charge is 0.356 e. The minimum Gasteiger partial charge on any atom is -0.356 e. The topological polar surface area (TPSA) is 41.1 Å². The van der Waals surface area contributed by atoms with E-state index in [4.69, 9.17) is 0 Å². The first-order chi connectivity index (χ1) is 7.38. The lowest BCUT2D eigenvalue weighted by Crippen LogP contribution is -2.47. The van der Waals surface area contributed by atoms with Gasteiger partial charge in [0, 0.05) is 12.6 Å². The van der Waals surface area contributed by atoms with E-state index >= 15 is 0 Å². The maximum absolute atomic E-state index is 11.9. The summed E-state index contributed by atoms with van der Waals surface area (Å²) >= 11 is 0. The average molecular weight is 210 g/mol. The number of hydrogen-bond donors (Lipinski definition) is 2. The van der Waals surface area contributed by atoms with Gasteiger partial charge in [0.05, 0.1) is 5.92 Å². The van der Waals surface area contributed by atoms with Gasteiger partial charge in [-0.25, -0.2) is 0 Å². The fourth-order valence-electron chi connectivity index (χ4n) is 2.75. The van der Waals surface area contributed by atoms with Crippen LogP contribution in [0.2, 0.25) is 0 Å². The van der Waals surface area contributed by atoms with Crippen LogP contribution in [0, 0.1) is 5.92 Å². The minimum atomic E-state index is 0.233.